The van der Waals surface area contributed by atoms with E-state index < -0.39 is 0 Å². The number of hydrogen-bond donors (Lipinski definition) is 1. The van der Waals surface area contributed by atoms with Gasteiger partial charge in [-0.3, -0.25) is 4.79 Å². The normalized spacial score (nSPS) is 25.8. The van der Waals surface area contributed by atoms with Crippen molar-refractivity contribution in [1.29, 1.82) is 0 Å². The summed E-state index contributed by atoms with van der Waals surface area (Å²) in [6.07, 6.45) is 5.45. The molecule has 0 atom stereocenters. The number of ether oxygens (including phenoxy) is 1. The summed E-state index contributed by atoms with van der Waals surface area (Å²) in [6, 6.07) is 0. The van der Waals surface area contributed by atoms with Crippen LogP contribution >= 0.6 is 0 Å². The fourth-order valence-electron chi connectivity index (χ4n) is 2.82. The largest absolute Gasteiger partial charge is 0.381 e. The Balaban J connectivity index is 1.75. The van der Waals surface area contributed by atoms with Crippen LogP contribution in [0.1, 0.15) is 32.1 Å². The van der Waals surface area contributed by atoms with Gasteiger partial charge in [-0.2, -0.15) is 0 Å². The predicted molar refractivity (Wildman–Crippen MR) is 62.0 cm³/mol. The second-order valence-electron chi connectivity index (χ2n) is 5.17. The van der Waals surface area contributed by atoms with Gasteiger partial charge in [-0.05, 0) is 44.2 Å². The quantitative estimate of drug-likeness (QED) is 0.772. The van der Waals surface area contributed by atoms with Crippen molar-refractivity contribution in [3.05, 3.63) is 0 Å². The molecule has 0 bridgehead atoms. The Kier molecular flexibility index (Phi) is 3.82. The number of carbonyl (C=O) groups excluding carboxylic acids is 1. The number of primary amides is 1. The van der Waals surface area contributed by atoms with E-state index in [-0.39, 0.29) is 5.91 Å². The lowest BCUT2D eigenvalue weighted by Gasteiger charge is -2.44. The van der Waals surface area contributed by atoms with Crippen molar-refractivity contribution in [1.82, 2.24) is 4.90 Å². The van der Waals surface area contributed by atoms with Crippen molar-refractivity contribution in [2.24, 2.45) is 11.1 Å². The number of amides is 1. The zero-order valence-electron chi connectivity index (χ0n) is 9.91. The van der Waals surface area contributed by atoms with Gasteiger partial charge in [-0.25, -0.2) is 0 Å². The Morgan fingerprint density at radius 2 is 1.81 bits per heavy atom. The van der Waals surface area contributed by atoms with Gasteiger partial charge in [0.25, 0.3) is 0 Å². The fraction of sp³-hybridized carbons (Fsp3) is 0.917. The number of hydrogen-bond acceptors (Lipinski definition) is 3. The zero-order chi connectivity index (χ0) is 11.4. The maximum absolute atomic E-state index is 10.7. The number of nitrogens with two attached hydrogens (primary N) is 1. The van der Waals surface area contributed by atoms with E-state index in [0.717, 1.165) is 32.8 Å². The van der Waals surface area contributed by atoms with E-state index in [1.54, 1.807) is 0 Å². The van der Waals surface area contributed by atoms with E-state index in [1.807, 2.05) is 0 Å². The van der Waals surface area contributed by atoms with Gasteiger partial charge in [0.05, 0.1) is 0 Å². The molecule has 0 unspecified atom stereocenters. The maximum Gasteiger partial charge on any atom is 0.218 e. The van der Waals surface area contributed by atoms with Crippen molar-refractivity contribution < 1.29 is 9.53 Å². The van der Waals surface area contributed by atoms with Crippen LogP contribution in [0.25, 0.3) is 0 Å². The lowest BCUT2D eigenvalue weighted by molar-refractivity contribution is -0.118. The van der Waals surface area contributed by atoms with Crippen LogP contribution in [0.2, 0.25) is 0 Å². The SMILES string of the molecule is NC(=O)CCN1CCC2(CCOCC2)CC1. The van der Waals surface area contributed by atoms with Crippen molar-refractivity contribution in [3.8, 4) is 0 Å². The predicted octanol–water partition coefficient (Wildman–Crippen LogP) is 0.754. The van der Waals surface area contributed by atoms with Crippen molar-refractivity contribution >= 4 is 5.91 Å². The average Bonchev–Trinajstić information content (AvgIpc) is 2.29. The summed E-state index contributed by atoms with van der Waals surface area (Å²) in [5, 5.41) is 0. The third-order valence-electron chi connectivity index (χ3n) is 4.14. The van der Waals surface area contributed by atoms with E-state index in [1.165, 1.54) is 25.7 Å². The molecule has 0 saturated carbocycles. The van der Waals surface area contributed by atoms with E-state index >= 15 is 0 Å². The second kappa shape index (κ2) is 5.15. The van der Waals surface area contributed by atoms with Crippen molar-refractivity contribution in [2.45, 2.75) is 32.1 Å². The van der Waals surface area contributed by atoms with Gasteiger partial charge in [-0.15, -0.1) is 0 Å². The number of likely N-dealkylation sites (tertiary alicyclic amines) is 1. The Hall–Kier alpha value is -0.610. The summed E-state index contributed by atoms with van der Waals surface area (Å²) >= 11 is 0. The Morgan fingerprint density at radius 1 is 1.19 bits per heavy atom. The van der Waals surface area contributed by atoms with Gasteiger partial charge in [-0.1, -0.05) is 0 Å². The first-order valence-electron chi connectivity index (χ1n) is 6.29. The summed E-state index contributed by atoms with van der Waals surface area (Å²) in [6.45, 7) is 4.94. The number of carbonyl (C=O) groups is 1. The van der Waals surface area contributed by atoms with E-state index in [0.29, 0.717) is 11.8 Å². The summed E-state index contributed by atoms with van der Waals surface area (Å²) in [5.74, 6) is -0.189. The zero-order valence-corrected chi connectivity index (χ0v) is 9.91. The fourth-order valence-corrected chi connectivity index (χ4v) is 2.82. The molecule has 2 saturated heterocycles. The summed E-state index contributed by atoms with van der Waals surface area (Å²) in [7, 11) is 0. The van der Waals surface area contributed by atoms with Crippen LogP contribution in [0.3, 0.4) is 0 Å². The molecule has 92 valence electrons. The lowest BCUT2D eigenvalue weighted by atomic mass is 9.72. The molecular weight excluding hydrogens is 204 g/mol. The molecule has 0 aromatic carbocycles. The Labute approximate surface area is 97.1 Å². The molecule has 16 heavy (non-hydrogen) atoms. The standard InChI is InChI=1S/C12H22N2O2/c13-11(15)1-6-14-7-2-12(3-8-14)4-9-16-10-5-12/h1-10H2,(H2,13,15). The molecule has 0 aromatic heterocycles. The number of nitrogens with zero attached hydrogens (tertiary/aromatic N) is 1. The Bertz CT molecular complexity index is 239. The number of rotatable bonds is 3. The second-order valence-corrected chi connectivity index (χ2v) is 5.17. The minimum absolute atomic E-state index is 0.189. The van der Waals surface area contributed by atoms with Gasteiger partial charge in [0.1, 0.15) is 0 Å². The summed E-state index contributed by atoms with van der Waals surface area (Å²) in [4.78, 5) is 13.1. The van der Waals surface area contributed by atoms with Gasteiger partial charge in [0, 0.05) is 26.2 Å². The molecule has 1 spiro atoms. The first-order chi connectivity index (χ1) is 7.70. The molecule has 4 nitrogen and oxygen atoms in total. The van der Waals surface area contributed by atoms with Gasteiger partial charge in [0.2, 0.25) is 5.91 Å². The van der Waals surface area contributed by atoms with Gasteiger partial charge in [0.15, 0.2) is 0 Å². The van der Waals surface area contributed by atoms with Crippen LogP contribution in [0.15, 0.2) is 0 Å². The minimum Gasteiger partial charge on any atom is -0.381 e. The van der Waals surface area contributed by atoms with E-state index in [9.17, 15) is 4.79 Å². The van der Waals surface area contributed by atoms with E-state index in [4.69, 9.17) is 10.5 Å². The summed E-state index contributed by atoms with van der Waals surface area (Å²) in [5.41, 5.74) is 5.71. The van der Waals surface area contributed by atoms with Crippen LogP contribution in [-0.2, 0) is 9.53 Å². The minimum atomic E-state index is -0.189. The lowest BCUT2D eigenvalue weighted by Crippen LogP contribution is -2.43. The van der Waals surface area contributed by atoms with Crippen LogP contribution in [0, 0.1) is 5.41 Å². The Morgan fingerprint density at radius 3 is 2.38 bits per heavy atom. The first-order valence-corrected chi connectivity index (χ1v) is 6.29. The molecule has 2 aliphatic heterocycles. The van der Waals surface area contributed by atoms with Crippen LogP contribution in [-0.4, -0.2) is 43.7 Å². The molecule has 0 aliphatic carbocycles. The molecule has 2 rings (SSSR count). The highest BCUT2D eigenvalue weighted by Crippen LogP contribution is 2.40. The molecule has 2 aliphatic rings. The molecule has 0 radical (unpaired) electrons. The monoisotopic (exact) mass is 226 g/mol. The maximum atomic E-state index is 10.7. The smallest absolute Gasteiger partial charge is 0.218 e. The molecule has 2 N–H and O–H groups in total. The van der Waals surface area contributed by atoms with Crippen LogP contribution in [0.5, 0.6) is 0 Å². The van der Waals surface area contributed by atoms with Crippen LogP contribution in [0.4, 0.5) is 0 Å². The highest BCUT2D eigenvalue weighted by Gasteiger charge is 2.35. The third-order valence-corrected chi connectivity index (χ3v) is 4.14. The molecular formula is C12H22N2O2. The van der Waals surface area contributed by atoms with Crippen molar-refractivity contribution in [2.75, 3.05) is 32.8 Å². The number of piperidine rings is 1. The van der Waals surface area contributed by atoms with Crippen LogP contribution < -0.4 is 5.73 Å². The van der Waals surface area contributed by atoms with Crippen molar-refractivity contribution in [3.63, 3.8) is 0 Å². The first kappa shape index (κ1) is 11.9. The third kappa shape index (κ3) is 2.95. The van der Waals surface area contributed by atoms with E-state index in [2.05, 4.69) is 4.90 Å². The molecule has 1 amide bonds. The summed E-state index contributed by atoms with van der Waals surface area (Å²) < 4.78 is 5.43. The molecule has 2 fully saturated rings. The topological polar surface area (TPSA) is 55.6 Å². The highest BCUT2D eigenvalue weighted by molar-refractivity contribution is 5.73. The molecule has 2 heterocycles. The molecule has 0 aromatic rings. The van der Waals surface area contributed by atoms with Gasteiger partial charge < -0.3 is 15.4 Å². The molecule has 4 heteroatoms. The average molecular weight is 226 g/mol. The highest BCUT2D eigenvalue weighted by atomic mass is 16.5. The van der Waals surface area contributed by atoms with Gasteiger partial charge >= 0.3 is 0 Å².